The molecule has 0 heterocycles. The van der Waals surface area contributed by atoms with Crippen molar-refractivity contribution >= 4 is 5.91 Å². The number of aliphatic hydroxyl groups is 1. The molecule has 106 valence electrons. The van der Waals surface area contributed by atoms with Gasteiger partial charge in [0.05, 0.1) is 6.10 Å². The summed E-state index contributed by atoms with van der Waals surface area (Å²) in [5.41, 5.74) is 4.45. The number of benzene rings is 1. The van der Waals surface area contributed by atoms with Crippen molar-refractivity contribution in [1.82, 2.24) is 10.6 Å². The second kappa shape index (κ2) is 7.26. The van der Waals surface area contributed by atoms with Crippen molar-refractivity contribution in [1.29, 1.82) is 0 Å². The number of hydrogen-bond acceptors (Lipinski definition) is 3. The molecule has 0 bridgehead atoms. The van der Waals surface area contributed by atoms with E-state index >= 15 is 0 Å². The SMILES string of the molecule is CC(=O)NCCNCC(O)c1c(C)cc(C)cc1C. The monoisotopic (exact) mass is 264 g/mol. The molecule has 1 atom stereocenters. The first-order chi connectivity index (χ1) is 8.91. The maximum Gasteiger partial charge on any atom is 0.216 e. The van der Waals surface area contributed by atoms with Crippen molar-refractivity contribution in [2.24, 2.45) is 0 Å². The molecule has 1 aromatic carbocycles. The van der Waals surface area contributed by atoms with Crippen molar-refractivity contribution in [3.63, 3.8) is 0 Å². The van der Waals surface area contributed by atoms with Gasteiger partial charge < -0.3 is 15.7 Å². The van der Waals surface area contributed by atoms with Crippen LogP contribution in [0.5, 0.6) is 0 Å². The van der Waals surface area contributed by atoms with Crippen LogP contribution in [0.25, 0.3) is 0 Å². The zero-order valence-electron chi connectivity index (χ0n) is 12.2. The van der Waals surface area contributed by atoms with Gasteiger partial charge >= 0.3 is 0 Å². The van der Waals surface area contributed by atoms with Gasteiger partial charge in [-0.15, -0.1) is 0 Å². The highest BCUT2D eigenvalue weighted by atomic mass is 16.3. The van der Waals surface area contributed by atoms with E-state index in [2.05, 4.69) is 29.7 Å². The minimum atomic E-state index is -0.516. The van der Waals surface area contributed by atoms with Gasteiger partial charge in [0.15, 0.2) is 0 Å². The van der Waals surface area contributed by atoms with Crippen LogP contribution >= 0.6 is 0 Å². The topological polar surface area (TPSA) is 61.4 Å². The van der Waals surface area contributed by atoms with E-state index in [0.29, 0.717) is 19.6 Å². The Labute approximate surface area is 115 Å². The third-order valence-electron chi connectivity index (χ3n) is 3.08. The van der Waals surface area contributed by atoms with Crippen LogP contribution in [-0.4, -0.2) is 30.6 Å². The molecule has 1 aromatic rings. The molecular formula is C15H24N2O2. The van der Waals surface area contributed by atoms with E-state index < -0.39 is 6.10 Å². The number of carbonyl (C=O) groups excluding carboxylic acids is 1. The Bertz CT molecular complexity index is 421. The minimum Gasteiger partial charge on any atom is -0.387 e. The predicted octanol–water partition coefficient (Wildman–Crippen LogP) is 1.37. The van der Waals surface area contributed by atoms with Crippen LogP contribution in [0, 0.1) is 20.8 Å². The Morgan fingerprint density at radius 3 is 2.32 bits per heavy atom. The van der Waals surface area contributed by atoms with Gasteiger partial charge in [0, 0.05) is 26.6 Å². The van der Waals surface area contributed by atoms with Gasteiger partial charge in [0.25, 0.3) is 0 Å². The Kier molecular flexibility index (Phi) is 5.99. The average Bonchev–Trinajstić information content (AvgIpc) is 2.26. The zero-order chi connectivity index (χ0) is 14.4. The zero-order valence-corrected chi connectivity index (χ0v) is 12.2. The normalized spacial score (nSPS) is 12.3. The highest BCUT2D eigenvalue weighted by molar-refractivity contribution is 5.72. The predicted molar refractivity (Wildman–Crippen MR) is 77.2 cm³/mol. The minimum absolute atomic E-state index is 0.0347. The van der Waals surface area contributed by atoms with Crippen molar-refractivity contribution in [3.8, 4) is 0 Å². The number of hydrogen-bond donors (Lipinski definition) is 3. The van der Waals surface area contributed by atoms with Gasteiger partial charge in [-0.2, -0.15) is 0 Å². The number of rotatable bonds is 6. The molecule has 0 radical (unpaired) electrons. The summed E-state index contributed by atoms with van der Waals surface area (Å²) in [7, 11) is 0. The van der Waals surface area contributed by atoms with Crippen LogP contribution in [0.3, 0.4) is 0 Å². The molecule has 0 saturated heterocycles. The molecule has 0 aliphatic heterocycles. The van der Waals surface area contributed by atoms with E-state index in [9.17, 15) is 9.90 Å². The summed E-state index contributed by atoms with van der Waals surface area (Å²) in [6.45, 7) is 9.32. The summed E-state index contributed by atoms with van der Waals surface area (Å²) >= 11 is 0. The van der Waals surface area contributed by atoms with Gasteiger partial charge in [-0.25, -0.2) is 0 Å². The summed E-state index contributed by atoms with van der Waals surface area (Å²) in [5, 5.41) is 16.1. The van der Waals surface area contributed by atoms with Gasteiger partial charge in [0.1, 0.15) is 0 Å². The summed E-state index contributed by atoms with van der Waals surface area (Å²) < 4.78 is 0. The molecule has 19 heavy (non-hydrogen) atoms. The lowest BCUT2D eigenvalue weighted by Crippen LogP contribution is -2.32. The standard InChI is InChI=1S/C15H24N2O2/c1-10-7-11(2)15(12(3)8-10)14(19)9-16-5-6-17-13(4)18/h7-8,14,16,19H,5-6,9H2,1-4H3,(H,17,18). The van der Waals surface area contributed by atoms with Gasteiger partial charge in [-0.3, -0.25) is 4.79 Å². The highest BCUT2D eigenvalue weighted by Gasteiger charge is 2.13. The molecule has 0 saturated carbocycles. The highest BCUT2D eigenvalue weighted by Crippen LogP contribution is 2.22. The van der Waals surface area contributed by atoms with Crippen molar-refractivity contribution < 1.29 is 9.90 Å². The van der Waals surface area contributed by atoms with Crippen molar-refractivity contribution in [2.75, 3.05) is 19.6 Å². The van der Waals surface area contributed by atoms with Crippen LogP contribution in [0.4, 0.5) is 0 Å². The molecule has 0 aliphatic rings. The second-order valence-corrected chi connectivity index (χ2v) is 5.02. The number of aliphatic hydroxyl groups excluding tert-OH is 1. The maximum atomic E-state index is 10.7. The third-order valence-corrected chi connectivity index (χ3v) is 3.08. The first-order valence-electron chi connectivity index (χ1n) is 6.62. The lowest BCUT2D eigenvalue weighted by atomic mass is 9.95. The van der Waals surface area contributed by atoms with Crippen LogP contribution in [-0.2, 0) is 4.79 Å². The second-order valence-electron chi connectivity index (χ2n) is 5.02. The fourth-order valence-corrected chi connectivity index (χ4v) is 2.38. The summed E-state index contributed by atoms with van der Waals surface area (Å²) in [4.78, 5) is 10.7. The smallest absolute Gasteiger partial charge is 0.216 e. The Morgan fingerprint density at radius 2 is 1.79 bits per heavy atom. The molecule has 0 aliphatic carbocycles. The number of nitrogens with one attached hydrogen (secondary N) is 2. The molecular weight excluding hydrogens is 240 g/mol. The van der Waals surface area contributed by atoms with E-state index in [-0.39, 0.29) is 5.91 Å². The molecule has 1 rings (SSSR count). The van der Waals surface area contributed by atoms with E-state index in [1.165, 1.54) is 12.5 Å². The fraction of sp³-hybridized carbons (Fsp3) is 0.533. The average molecular weight is 264 g/mol. The number of aryl methyl sites for hydroxylation is 3. The molecule has 0 fully saturated rings. The van der Waals surface area contributed by atoms with Crippen molar-refractivity contribution in [3.05, 3.63) is 34.4 Å². The van der Waals surface area contributed by atoms with Crippen molar-refractivity contribution in [2.45, 2.75) is 33.8 Å². The van der Waals surface area contributed by atoms with Crippen LogP contribution in [0.15, 0.2) is 12.1 Å². The summed E-state index contributed by atoms with van der Waals surface area (Å²) in [5.74, 6) is -0.0347. The molecule has 3 N–H and O–H groups in total. The van der Waals surface area contributed by atoms with E-state index in [4.69, 9.17) is 0 Å². The Hall–Kier alpha value is -1.39. The van der Waals surface area contributed by atoms with Crippen LogP contribution < -0.4 is 10.6 Å². The van der Waals surface area contributed by atoms with E-state index in [1.54, 1.807) is 0 Å². The lowest BCUT2D eigenvalue weighted by Gasteiger charge is -2.18. The number of carbonyl (C=O) groups is 1. The largest absolute Gasteiger partial charge is 0.387 e. The molecule has 0 aromatic heterocycles. The number of amides is 1. The van der Waals surface area contributed by atoms with Gasteiger partial charge in [0.2, 0.25) is 5.91 Å². The first-order valence-corrected chi connectivity index (χ1v) is 6.62. The lowest BCUT2D eigenvalue weighted by molar-refractivity contribution is -0.118. The molecule has 1 amide bonds. The van der Waals surface area contributed by atoms with Gasteiger partial charge in [-0.1, -0.05) is 17.7 Å². The first kappa shape index (κ1) is 15.7. The quantitative estimate of drug-likeness (QED) is 0.680. The molecule has 0 spiro atoms. The third kappa shape index (κ3) is 5.01. The van der Waals surface area contributed by atoms with E-state index in [1.807, 2.05) is 13.8 Å². The van der Waals surface area contributed by atoms with Crippen LogP contribution in [0.2, 0.25) is 0 Å². The maximum absolute atomic E-state index is 10.7. The Morgan fingerprint density at radius 1 is 1.21 bits per heavy atom. The molecule has 4 nitrogen and oxygen atoms in total. The van der Waals surface area contributed by atoms with Crippen LogP contribution in [0.1, 0.15) is 35.3 Å². The van der Waals surface area contributed by atoms with E-state index in [0.717, 1.165) is 16.7 Å². The summed E-state index contributed by atoms with van der Waals surface area (Å²) in [6.07, 6.45) is -0.516. The summed E-state index contributed by atoms with van der Waals surface area (Å²) in [6, 6.07) is 4.17. The fourth-order valence-electron chi connectivity index (χ4n) is 2.38. The van der Waals surface area contributed by atoms with Gasteiger partial charge in [-0.05, 0) is 37.5 Å². The molecule has 4 heteroatoms. The molecule has 1 unspecified atom stereocenters. The Balaban J connectivity index is 2.50.